The molecule has 2 aliphatic rings. The molecule has 5 nitrogen and oxygen atoms in total. The standard InChI is InChI=1S/C13H20N4OS2.2ClH/c1-2-10-7-14-13(20-10)17-5-3-16(4-6-17)12(18)11-8-19-9-15-11;;/h7,11,15H,2-6,8-9H2,1H3;2*1H. The lowest BCUT2D eigenvalue weighted by Crippen LogP contribution is -2.53. The van der Waals surface area contributed by atoms with Crippen molar-refractivity contribution in [3.05, 3.63) is 11.1 Å². The van der Waals surface area contributed by atoms with E-state index in [1.165, 1.54) is 4.88 Å². The van der Waals surface area contributed by atoms with Crippen LogP contribution in [-0.4, -0.2) is 59.6 Å². The number of amides is 1. The molecule has 0 saturated carbocycles. The first kappa shape index (κ1) is 19.8. The summed E-state index contributed by atoms with van der Waals surface area (Å²) in [6.07, 6.45) is 3.01. The summed E-state index contributed by atoms with van der Waals surface area (Å²) in [5.74, 6) is 2.07. The van der Waals surface area contributed by atoms with Crippen molar-refractivity contribution in [3.63, 3.8) is 0 Å². The summed E-state index contributed by atoms with van der Waals surface area (Å²) in [7, 11) is 0. The molecule has 0 aliphatic carbocycles. The molecular weight excluding hydrogens is 363 g/mol. The van der Waals surface area contributed by atoms with Gasteiger partial charge in [-0.2, -0.15) is 0 Å². The van der Waals surface area contributed by atoms with Gasteiger partial charge in [0.1, 0.15) is 0 Å². The van der Waals surface area contributed by atoms with E-state index in [-0.39, 0.29) is 36.8 Å². The van der Waals surface area contributed by atoms with Crippen LogP contribution in [0, 0.1) is 0 Å². The van der Waals surface area contributed by atoms with Crippen molar-refractivity contribution < 1.29 is 4.79 Å². The summed E-state index contributed by atoms with van der Waals surface area (Å²) in [6.45, 7) is 5.55. The van der Waals surface area contributed by atoms with Crippen LogP contribution in [0.2, 0.25) is 0 Å². The first-order valence-corrected chi connectivity index (χ1v) is 9.04. The third-order valence-electron chi connectivity index (χ3n) is 3.77. The van der Waals surface area contributed by atoms with E-state index < -0.39 is 0 Å². The second-order valence-corrected chi connectivity index (χ2v) is 7.17. The van der Waals surface area contributed by atoms with Gasteiger partial charge in [0.05, 0.1) is 6.04 Å². The smallest absolute Gasteiger partial charge is 0.240 e. The third kappa shape index (κ3) is 4.41. The van der Waals surface area contributed by atoms with Crippen LogP contribution < -0.4 is 10.2 Å². The van der Waals surface area contributed by atoms with Crippen molar-refractivity contribution in [1.29, 1.82) is 0 Å². The van der Waals surface area contributed by atoms with Crippen molar-refractivity contribution in [2.24, 2.45) is 0 Å². The Morgan fingerprint density at radius 3 is 2.64 bits per heavy atom. The molecule has 1 N–H and O–H groups in total. The van der Waals surface area contributed by atoms with Gasteiger partial charge in [-0.15, -0.1) is 47.9 Å². The molecule has 2 saturated heterocycles. The Balaban J connectivity index is 0.00000121. The highest BCUT2D eigenvalue weighted by Crippen LogP contribution is 2.24. The number of rotatable bonds is 3. The van der Waals surface area contributed by atoms with E-state index in [9.17, 15) is 4.79 Å². The lowest BCUT2D eigenvalue weighted by atomic mass is 10.2. The van der Waals surface area contributed by atoms with Crippen LogP contribution in [-0.2, 0) is 11.2 Å². The molecule has 126 valence electrons. The van der Waals surface area contributed by atoms with E-state index in [2.05, 4.69) is 22.1 Å². The zero-order valence-electron chi connectivity index (χ0n) is 12.5. The lowest BCUT2D eigenvalue weighted by molar-refractivity contribution is -0.132. The number of thioether (sulfide) groups is 1. The third-order valence-corrected chi connectivity index (χ3v) is 5.91. The molecule has 9 heteroatoms. The van der Waals surface area contributed by atoms with Crippen LogP contribution in [0.15, 0.2) is 6.20 Å². The number of nitrogens with zero attached hydrogens (tertiary/aromatic N) is 3. The van der Waals surface area contributed by atoms with E-state index in [1.807, 2.05) is 11.1 Å². The van der Waals surface area contributed by atoms with Gasteiger partial charge < -0.3 is 9.80 Å². The Kier molecular flexibility index (Phi) is 8.27. The van der Waals surface area contributed by atoms with Crippen LogP contribution in [0.25, 0.3) is 0 Å². The minimum atomic E-state index is 0. The van der Waals surface area contributed by atoms with Gasteiger partial charge >= 0.3 is 0 Å². The number of aromatic nitrogens is 1. The topological polar surface area (TPSA) is 48.5 Å². The molecule has 2 fully saturated rings. The SMILES string of the molecule is CCc1cnc(N2CCN(C(=O)C3CSCN3)CC2)s1.Cl.Cl. The number of piperazine rings is 1. The van der Waals surface area contributed by atoms with Gasteiger partial charge in [-0.05, 0) is 6.42 Å². The number of anilines is 1. The minimum absolute atomic E-state index is 0. The normalized spacial score (nSPS) is 21.2. The molecule has 1 atom stereocenters. The molecule has 0 bridgehead atoms. The maximum Gasteiger partial charge on any atom is 0.240 e. The Hall–Kier alpha value is -0.210. The van der Waals surface area contributed by atoms with E-state index in [4.69, 9.17) is 0 Å². The van der Waals surface area contributed by atoms with Crippen molar-refractivity contribution in [2.45, 2.75) is 19.4 Å². The van der Waals surface area contributed by atoms with Crippen molar-refractivity contribution in [2.75, 3.05) is 42.7 Å². The molecule has 22 heavy (non-hydrogen) atoms. The predicted octanol–water partition coefficient (Wildman–Crippen LogP) is 1.86. The molecule has 3 heterocycles. The average Bonchev–Trinajstić information content (AvgIpc) is 3.18. The minimum Gasteiger partial charge on any atom is -0.345 e. The summed E-state index contributed by atoms with van der Waals surface area (Å²) in [6, 6.07) is 0.0260. The van der Waals surface area contributed by atoms with Gasteiger partial charge in [0.2, 0.25) is 5.91 Å². The average molecular weight is 385 g/mol. The van der Waals surface area contributed by atoms with E-state index in [0.717, 1.165) is 49.4 Å². The van der Waals surface area contributed by atoms with Crippen molar-refractivity contribution in [1.82, 2.24) is 15.2 Å². The number of hydrogen-bond acceptors (Lipinski definition) is 6. The van der Waals surface area contributed by atoms with E-state index >= 15 is 0 Å². The van der Waals surface area contributed by atoms with Gasteiger partial charge in [-0.3, -0.25) is 10.1 Å². The first-order chi connectivity index (χ1) is 9.78. The van der Waals surface area contributed by atoms with Crippen LogP contribution in [0.3, 0.4) is 0 Å². The van der Waals surface area contributed by atoms with Crippen LogP contribution in [0.5, 0.6) is 0 Å². The van der Waals surface area contributed by atoms with E-state index in [0.29, 0.717) is 0 Å². The Labute approximate surface area is 152 Å². The number of thiazole rings is 1. The summed E-state index contributed by atoms with van der Waals surface area (Å²) >= 11 is 3.57. The Morgan fingerprint density at radius 2 is 2.09 bits per heavy atom. The zero-order chi connectivity index (χ0) is 13.9. The number of nitrogens with one attached hydrogen (secondary N) is 1. The van der Waals surface area contributed by atoms with Crippen LogP contribution in [0.1, 0.15) is 11.8 Å². The van der Waals surface area contributed by atoms with Gasteiger partial charge in [-0.25, -0.2) is 4.98 Å². The van der Waals surface area contributed by atoms with E-state index in [1.54, 1.807) is 23.1 Å². The number of carbonyl (C=O) groups excluding carboxylic acids is 1. The van der Waals surface area contributed by atoms with Crippen LogP contribution in [0.4, 0.5) is 5.13 Å². The first-order valence-electron chi connectivity index (χ1n) is 7.07. The summed E-state index contributed by atoms with van der Waals surface area (Å²) in [4.78, 5) is 22.4. The molecule has 0 spiro atoms. The molecule has 1 unspecified atom stereocenters. The molecule has 0 aromatic carbocycles. The van der Waals surface area contributed by atoms with Gasteiger partial charge in [0.15, 0.2) is 5.13 Å². The van der Waals surface area contributed by atoms with Crippen LogP contribution >= 0.6 is 47.9 Å². The second-order valence-electron chi connectivity index (χ2n) is 5.05. The summed E-state index contributed by atoms with van der Waals surface area (Å²) < 4.78 is 0. The molecule has 2 aliphatic heterocycles. The Bertz CT molecular complexity index is 474. The molecule has 1 aromatic rings. The highest BCUT2D eigenvalue weighted by atomic mass is 35.5. The lowest BCUT2D eigenvalue weighted by Gasteiger charge is -2.35. The zero-order valence-corrected chi connectivity index (χ0v) is 15.8. The van der Waals surface area contributed by atoms with Gasteiger partial charge in [0, 0.05) is 48.9 Å². The molecule has 3 rings (SSSR count). The molecular formula is C13H22Cl2N4OS2. The predicted molar refractivity (Wildman–Crippen MR) is 99.0 cm³/mol. The highest BCUT2D eigenvalue weighted by molar-refractivity contribution is 7.99. The quantitative estimate of drug-likeness (QED) is 0.861. The number of hydrogen-bond donors (Lipinski definition) is 1. The van der Waals surface area contributed by atoms with Gasteiger partial charge in [-0.1, -0.05) is 6.92 Å². The van der Waals surface area contributed by atoms with Gasteiger partial charge in [0.25, 0.3) is 0 Å². The number of carbonyl (C=O) groups is 1. The fourth-order valence-corrected chi connectivity index (χ4v) is 4.33. The maximum absolute atomic E-state index is 12.3. The maximum atomic E-state index is 12.3. The highest BCUT2D eigenvalue weighted by Gasteiger charge is 2.29. The molecule has 1 aromatic heterocycles. The second kappa shape index (κ2) is 9.17. The fourth-order valence-electron chi connectivity index (χ4n) is 2.50. The number of aryl methyl sites for hydroxylation is 1. The number of halogens is 2. The Morgan fingerprint density at radius 1 is 1.36 bits per heavy atom. The molecule has 1 amide bonds. The largest absolute Gasteiger partial charge is 0.345 e. The fraction of sp³-hybridized carbons (Fsp3) is 0.692. The summed E-state index contributed by atoms with van der Waals surface area (Å²) in [5, 5.41) is 4.36. The van der Waals surface area contributed by atoms with Crippen molar-refractivity contribution in [3.8, 4) is 0 Å². The monoisotopic (exact) mass is 384 g/mol. The van der Waals surface area contributed by atoms with Crippen molar-refractivity contribution >= 4 is 59.0 Å². The molecule has 0 radical (unpaired) electrons. The summed E-state index contributed by atoms with van der Waals surface area (Å²) in [5.41, 5.74) is 0.